The number of carbonyl (C=O) groups is 3. The van der Waals surface area contributed by atoms with Crippen LogP contribution in [0.4, 0.5) is 11.4 Å². The van der Waals surface area contributed by atoms with Crippen LogP contribution >= 0.6 is 11.6 Å². The fourth-order valence-corrected chi connectivity index (χ4v) is 2.80. The number of anilines is 2. The smallest absolute Gasteiger partial charge is 0.226 e. The lowest BCUT2D eigenvalue weighted by molar-refractivity contribution is -0.117. The van der Waals surface area contributed by atoms with E-state index in [4.69, 9.17) is 16.3 Å². The van der Waals surface area contributed by atoms with Crippen LogP contribution in [0.5, 0.6) is 5.75 Å². The van der Waals surface area contributed by atoms with E-state index in [-0.39, 0.29) is 30.6 Å². The van der Waals surface area contributed by atoms with Gasteiger partial charge in [0.25, 0.3) is 0 Å². The van der Waals surface area contributed by atoms with E-state index in [1.54, 1.807) is 42.5 Å². The minimum atomic E-state index is -0.262. The van der Waals surface area contributed by atoms with Gasteiger partial charge >= 0.3 is 0 Å². The molecule has 0 bridgehead atoms. The number of carbonyl (C=O) groups excluding carboxylic acids is 3. The molecule has 0 fully saturated rings. The van der Waals surface area contributed by atoms with Crippen molar-refractivity contribution in [2.75, 3.05) is 23.9 Å². The third kappa shape index (κ3) is 5.56. The van der Waals surface area contributed by atoms with Crippen LogP contribution in [0.3, 0.4) is 0 Å². The predicted octanol–water partition coefficient (Wildman–Crippen LogP) is 3.93. The molecular weight excluding hydrogens is 368 g/mol. The summed E-state index contributed by atoms with van der Waals surface area (Å²) >= 11 is 6.12. The standard InChI is InChI=1S/C20H21ClN2O4/c1-13(24)15-5-4-6-16(11-15)22-20(26)9-10-23(14(2)25)17-7-8-19(27-3)18(21)12-17/h4-8,11-12H,9-10H2,1-3H3,(H,22,26). The third-order valence-corrected chi connectivity index (χ3v) is 4.24. The van der Waals surface area contributed by atoms with E-state index in [1.807, 2.05) is 0 Å². The fourth-order valence-electron chi connectivity index (χ4n) is 2.54. The van der Waals surface area contributed by atoms with Gasteiger partial charge in [-0.3, -0.25) is 14.4 Å². The summed E-state index contributed by atoms with van der Waals surface area (Å²) in [5.74, 6) is -0.0403. The molecule has 0 atom stereocenters. The molecule has 0 heterocycles. The molecule has 0 aromatic heterocycles. The zero-order valence-electron chi connectivity index (χ0n) is 15.4. The Balaban J connectivity index is 2.04. The van der Waals surface area contributed by atoms with Crippen LogP contribution in [0.15, 0.2) is 42.5 Å². The van der Waals surface area contributed by atoms with Crippen molar-refractivity contribution in [1.29, 1.82) is 0 Å². The maximum Gasteiger partial charge on any atom is 0.226 e. The van der Waals surface area contributed by atoms with Crippen molar-refractivity contribution in [3.63, 3.8) is 0 Å². The normalized spacial score (nSPS) is 10.2. The maximum absolute atomic E-state index is 12.2. The lowest BCUT2D eigenvalue weighted by atomic mass is 10.1. The second-order valence-corrected chi connectivity index (χ2v) is 6.33. The molecule has 7 heteroatoms. The van der Waals surface area contributed by atoms with Crippen molar-refractivity contribution in [3.05, 3.63) is 53.1 Å². The number of benzene rings is 2. The molecule has 0 unspecified atom stereocenters. The van der Waals surface area contributed by atoms with Crippen molar-refractivity contribution < 1.29 is 19.1 Å². The quantitative estimate of drug-likeness (QED) is 0.729. The van der Waals surface area contributed by atoms with Crippen molar-refractivity contribution in [2.24, 2.45) is 0 Å². The number of Topliss-reactive ketones (excluding diaryl/α,β-unsaturated/α-hetero) is 1. The average molecular weight is 389 g/mol. The van der Waals surface area contributed by atoms with Crippen LogP contribution in [0.25, 0.3) is 0 Å². The lowest BCUT2D eigenvalue weighted by Crippen LogP contribution is -2.32. The van der Waals surface area contributed by atoms with E-state index in [0.29, 0.717) is 27.7 Å². The largest absolute Gasteiger partial charge is 0.495 e. The number of hydrogen-bond acceptors (Lipinski definition) is 4. The summed E-state index contributed by atoms with van der Waals surface area (Å²) in [4.78, 5) is 37.1. The SMILES string of the molecule is COc1ccc(N(CCC(=O)Nc2cccc(C(C)=O)c2)C(C)=O)cc1Cl. The average Bonchev–Trinajstić information content (AvgIpc) is 2.62. The van der Waals surface area contributed by atoms with Gasteiger partial charge in [-0.25, -0.2) is 0 Å². The number of methoxy groups -OCH3 is 1. The van der Waals surface area contributed by atoms with Gasteiger partial charge in [0.15, 0.2) is 5.78 Å². The first-order chi connectivity index (χ1) is 12.8. The summed E-state index contributed by atoms with van der Waals surface area (Å²) in [7, 11) is 1.51. The van der Waals surface area contributed by atoms with Gasteiger partial charge in [-0.15, -0.1) is 0 Å². The number of rotatable bonds is 7. The van der Waals surface area contributed by atoms with Crippen molar-refractivity contribution in [3.8, 4) is 5.75 Å². The number of amides is 2. The highest BCUT2D eigenvalue weighted by atomic mass is 35.5. The number of nitrogens with zero attached hydrogens (tertiary/aromatic N) is 1. The van der Waals surface area contributed by atoms with Gasteiger partial charge < -0.3 is 15.0 Å². The summed E-state index contributed by atoms with van der Waals surface area (Å²) in [5.41, 5.74) is 1.64. The molecule has 0 aliphatic heterocycles. The van der Waals surface area contributed by atoms with E-state index in [1.165, 1.54) is 25.9 Å². The van der Waals surface area contributed by atoms with Crippen LogP contribution in [0.2, 0.25) is 5.02 Å². The predicted molar refractivity (Wildman–Crippen MR) is 106 cm³/mol. The first-order valence-corrected chi connectivity index (χ1v) is 8.72. The lowest BCUT2D eigenvalue weighted by Gasteiger charge is -2.21. The first-order valence-electron chi connectivity index (χ1n) is 8.34. The molecule has 0 spiro atoms. The number of ether oxygens (including phenoxy) is 1. The highest BCUT2D eigenvalue weighted by Gasteiger charge is 2.15. The monoisotopic (exact) mass is 388 g/mol. The third-order valence-electron chi connectivity index (χ3n) is 3.94. The zero-order valence-corrected chi connectivity index (χ0v) is 16.2. The van der Waals surface area contributed by atoms with Crippen LogP contribution in [-0.2, 0) is 9.59 Å². The van der Waals surface area contributed by atoms with Gasteiger partial charge in [0.05, 0.1) is 12.1 Å². The molecule has 6 nitrogen and oxygen atoms in total. The Labute approximate surface area is 163 Å². The Morgan fingerprint density at radius 1 is 1.11 bits per heavy atom. The second kappa shape index (κ2) is 9.19. The van der Waals surface area contributed by atoms with Gasteiger partial charge in [0, 0.05) is 36.8 Å². The molecule has 0 radical (unpaired) electrons. The topological polar surface area (TPSA) is 75.7 Å². The van der Waals surface area contributed by atoms with Gasteiger partial charge in [-0.1, -0.05) is 23.7 Å². The van der Waals surface area contributed by atoms with E-state index in [2.05, 4.69) is 5.32 Å². The molecule has 0 aliphatic rings. The summed E-state index contributed by atoms with van der Waals surface area (Å²) in [6.07, 6.45) is 0.0908. The minimum Gasteiger partial charge on any atom is -0.495 e. The summed E-state index contributed by atoms with van der Waals surface area (Å²) in [6.45, 7) is 3.08. The van der Waals surface area contributed by atoms with Crippen LogP contribution in [0.1, 0.15) is 30.6 Å². The Kier molecular flexibility index (Phi) is 6.96. The molecule has 0 saturated carbocycles. The summed E-state index contributed by atoms with van der Waals surface area (Å²) in [6, 6.07) is 11.7. The molecule has 27 heavy (non-hydrogen) atoms. The summed E-state index contributed by atoms with van der Waals surface area (Å²) in [5, 5.41) is 3.12. The Bertz CT molecular complexity index is 867. The molecule has 0 aliphatic carbocycles. The second-order valence-electron chi connectivity index (χ2n) is 5.92. The number of halogens is 1. The van der Waals surface area contributed by atoms with Gasteiger partial charge in [-0.05, 0) is 37.3 Å². The Morgan fingerprint density at radius 3 is 2.44 bits per heavy atom. The van der Waals surface area contributed by atoms with E-state index in [9.17, 15) is 14.4 Å². The van der Waals surface area contributed by atoms with Gasteiger partial charge in [0.2, 0.25) is 11.8 Å². The van der Waals surface area contributed by atoms with Crippen LogP contribution in [0, 0.1) is 0 Å². The molecule has 2 aromatic carbocycles. The van der Waals surface area contributed by atoms with Gasteiger partial charge in [-0.2, -0.15) is 0 Å². The molecule has 1 N–H and O–H groups in total. The van der Waals surface area contributed by atoms with Crippen LogP contribution in [-0.4, -0.2) is 31.3 Å². The first kappa shape index (κ1) is 20.5. The molecular formula is C20H21ClN2O4. The maximum atomic E-state index is 12.2. The van der Waals surface area contributed by atoms with E-state index in [0.717, 1.165) is 0 Å². The zero-order chi connectivity index (χ0) is 20.0. The highest BCUT2D eigenvalue weighted by molar-refractivity contribution is 6.32. The number of hydrogen-bond donors (Lipinski definition) is 1. The molecule has 142 valence electrons. The number of ketones is 1. The fraction of sp³-hybridized carbons (Fsp3) is 0.250. The van der Waals surface area contributed by atoms with Crippen molar-refractivity contribution >= 4 is 40.6 Å². The molecule has 2 amide bonds. The molecule has 0 saturated heterocycles. The Hall–Kier alpha value is -2.86. The van der Waals surface area contributed by atoms with E-state index < -0.39 is 0 Å². The van der Waals surface area contributed by atoms with E-state index >= 15 is 0 Å². The van der Waals surface area contributed by atoms with Gasteiger partial charge in [0.1, 0.15) is 5.75 Å². The Morgan fingerprint density at radius 2 is 1.85 bits per heavy atom. The highest BCUT2D eigenvalue weighted by Crippen LogP contribution is 2.29. The van der Waals surface area contributed by atoms with Crippen molar-refractivity contribution in [1.82, 2.24) is 0 Å². The minimum absolute atomic E-state index is 0.0785. The molecule has 2 rings (SSSR count). The van der Waals surface area contributed by atoms with Crippen LogP contribution < -0.4 is 15.0 Å². The summed E-state index contributed by atoms with van der Waals surface area (Å²) < 4.78 is 5.11. The number of nitrogens with one attached hydrogen (secondary N) is 1. The molecule has 2 aromatic rings. The van der Waals surface area contributed by atoms with Crippen molar-refractivity contribution in [2.45, 2.75) is 20.3 Å².